The molecule has 0 atom stereocenters. The van der Waals surface area contributed by atoms with E-state index in [-0.39, 0.29) is 18.4 Å². The topological polar surface area (TPSA) is 114 Å². The predicted molar refractivity (Wildman–Crippen MR) is 149 cm³/mol. The Hall–Kier alpha value is -3.58. The molecule has 1 heterocycles. The van der Waals surface area contributed by atoms with Crippen LogP contribution in [0.5, 0.6) is 17.2 Å². The van der Waals surface area contributed by atoms with Gasteiger partial charge in [-0.25, -0.2) is 18.4 Å². The zero-order chi connectivity index (χ0) is 27.5. The van der Waals surface area contributed by atoms with Crippen LogP contribution in [0.1, 0.15) is 30.5 Å². The summed E-state index contributed by atoms with van der Waals surface area (Å²) in [5.41, 5.74) is 2.24. The molecule has 38 heavy (non-hydrogen) atoms. The highest BCUT2D eigenvalue weighted by molar-refractivity contribution is 7.91. The summed E-state index contributed by atoms with van der Waals surface area (Å²) in [5, 5.41) is 10.6. The minimum absolute atomic E-state index is 0.0120. The standard InChI is InChI=1S/C27H24Cl2N4O4S/c1-27(2,19-13-17(15-30)25(22(29)14-19)36-12-11-28)18-7-9-20(10-8-18)37-24-6-4-5-23-21(24)16-31-26(32-23)33-38(3,34)35/h4-10,13-14,16H,11-12H2,1-3H3,(H,31,32,33). The number of ether oxygens (including phenoxy) is 2. The lowest BCUT2D eigenvalue weighted by Crippen LogP contribution is -2.19. The van der Waals surface area contributed by atoms with Crippen molar-refractivity contribution in [3.8, 4) is 23.3 Å². The molecule has 4 rings (SSSR count). The Kier molecular flexibility index (Phi) is 7.97. The van der Waals surface area contributed by atoms with Crippen molar-refractivity contribution in [3.63, 3.8) is 0 Å². The van der Waals surface area contributed by atoms with Crippen LogP contribution in [-0.4, -0.2) is 37.1 Å². The molecule has 0 aliphatic carbocycles. The number of sulfonamides is 1. The van der Waals surface area contributed by atoms with Crippen molar-refractivity contribution >= 4 is 50.1 Å². The van der Waals surface area contributed by atoms with Gasteiger partial charge >= 0.3 is 0 Å². The maximum absolute atomic E-state index is 11.5. The second kappa shape index (κ2) is 11.0. The third-order valence-corrected chi connectivity index (χ3v) is 6.86. The van der Waals surface area contributed by atoms with Gasteiger partial charge in [-0.3, -0.25) is 4.72 Å². The fourth-order valence-electron chi connectivity index (χ4n) is 3.89. The molecule has 0 aliphatic heterocycles. The molecular formula is C27H24Cl2N4O4S. The monoisotopic (exact) mass is 570 g/mol. The van der Waals surface area contributed by atoms with Crippen LogP contribution in [0.2, 0.25) is 5.02 Å². The molecule has 0 radical (unpaired) electrons. The van der Waals surface area contributed by atoms with Gasteiger partial charge in [-0.2, -0.15) is 5.26 Å². The van der Waals surface area contributed by atoms with Crippen LogP contribution in [-0.2, 0) is 15.4 Å². The largest absolute Gasteiger partial charge is 0.489 e. The third kappa shape index (κ3) is 6.10. The second-order valence-electron chi connectivity index (χ2n) is 8.99. The first-order valence-electron chi connectivity index (χ1n) is 11.5. The number of hydrogen-bond acceptors (Lipinski definition) is 7. The number of nitrogens with one attached hydrogen (secondary N) is 1. The van der Waals surface area contributed by atoms with E-state index in [1.165, 1.54) is 6.20 Å². The highest BCUT2D eigenvalue weighted by Crippen LogP contribution is 2.39. The van der Waals surface area contributed by atoms with E-state index in [1.54, 1.807) is 30.3 Å². The molecule has 0 aliphatic rings. The molecule has 0 fully saturated rings. The number of hydrogen-bond donors (Lipinski definition) is 1. The Labute approximate surface area is 231 Å². The number of fused-ring (bicyclic) bond motifs is 1. The summed E-state index contributed by atoms with van der Waals surface area (Å²) in [7, 11) is -3.49. The average Bonchev–Trinajstić information content (AvgIpc) is 2.87. The molecule has 0 spiro atoms. The Bertz CT molecular complexity index is 1640. The molecule has 196 valence electrons. The molecular weight excluding hydrogens is 547 g/mol. The van der Waals surface area contributed by atoms with E-state index < -0.39 is 15.4 Å². The third-order valence-electron chi connectivity index (χ3n) is 5.88. The smallest absolute Gasteiger partial charge is 0.237 e. The molecule has 1 N–H and O–H groups in total. The van der Waals surface area contributed by atoms with E-state index in [2.05, 4.69) is 20.8 Å². The summed E-state index contributed by atoms with van der Waals surface area (Å²) < 4.78 is 36.9. The van der Waals surface area contributed by atoms with Crippen molar-refractivity contribution in [2.75, 3.05) is 23.5 Å². The number of alkyl halides is 1. The van der Waals surface area contributed by atoms with Gasteiger partial charge < -0.3 is 9.47 Å². The normalized spacial score (nSPS) is 11.7. The summed E-state index contributed by atoms with van der Waals surface area (Å²) >= 11 is 12.2. The van der Waals surface area contributed by atoms with Gasteiger partial charge in [0.25, 0.3) is 0 Å². The first-order chi connectivity index (χ1) is 18.0. The number of halogens is 2. The van der Waals surface area contributed by atoms with Crippen molar-refractivity contribution in [3.05, 3.63) is 82.5 Å². The van der Waals surface area contributed by atoms with Crippen LogP contribution in [0, 0.1) is 11.3 Å². The number of nitrogens with zero attached hydrogens (tertiary/aromatic N) is 3. The number of aromatic nitrogens is 2. The molecule has 11 heteroatoms. The molecule has 0 bridgehead atoms. The van der Waals surface area contributed by atoms with E-state index in [4.69, 9.17) is 32.7 Å². The van der Waals surface area contributed by atoms with Crippen LogP contribution in [0.3, 0.4) is 0 Å². The highest BCUT2D eigenvalue weighted by atomic mass is 35.5. The highest BCUT2D eigenvalue weighted by Gasteiger charge is 2.26. The summed E-state index contributed by atoms with van der Waals surface area (Å²) in [6.45, 7) is 4.33. The van der Waals surface area contributed by atoms with E-state index in [1.807, 2.05) is 38.1 Å². The van der Waals surface area contributed by atoms with Gasteiger partial charge in [-0.05, 0) is 47.5 Å². The predicted octanol–water partition coefficient (Wildman–Crippen LogP) is 6.26. The molecule has 4 aromatic rings. The van der Waals surface area contributed by atoms with E-state index in [9.17, 15) is 13.7 Å². The van der Waals surface area contributed by atoms with Gasteiger partial charge in [-0.1, -0.05) is 43.6 Å². The quantitative estimate of drug-likeness (QED) is 0.236. The lowest BCUT2D eigenvalue weighted by molar-refractivity contribution is 0.341. The van der Waals surface area contributed by atoms with E-state index in [0.717, 1.165) is 17.4 Å². The Morgan fingerprint density at radius 3 is 2.50 bits per heavy atom. The fraction of sp³-hybridized carbons (Fsp3) is 0.222. The second-order valence-corrected chi connectivity index (χ2v) is 11.5. The maximum atomic E-state index is 11.5. The minimum atomic E-state index is -3.49. The zero-order valence-electron chi connectivity index (χ0n) is 20.8. The fourth-order valence-corrected chi connectivity index (χ4v) is 4.67. The summed E-state index contributed by atoms with van der Waals surface area (Å²) in [6.07, 6.45) is 2.55. The molecule has 3 aromatic carbocycles. The van der Waals surface area contributed by atoms with Crippen molar-refractivity contribution in [2.45, 2.75) is 19.3 Å². The van der Waals surface area contributed by atoms with Gasteiger partial charge in [-0.15, -0.1) is 11.6 Å². The van der Waals surface area contributed by atoms with Crippen LogP contribution >= 0.6 is 23.2 Å². The van der Waals surface area contributed by atoms with E-state index >= 15 is 0 Å². The Morgan fingerprint density at radius 2 is 1.84 bits per heavy atom. The van der Waals surface area contributed by atoms with Crippen molar-refractivity contribution in [2.24, 2.45) is 0 Å². The minimum Gasteiger partial charge on any atom is -0.489 e. The van der Waals surface area contributed by atoms with Crippen LogP contribution in [0.4, 0.5) is 5.95 Å². The summed E-state index contributed by atoms with van der Waals surface area (Å²) in [6, 6.07) is 18.6. The lowest BCUT2D eigenvalue weighted by Gasteiger charge is -2.27. The van der Waals surface area contributed by atoms with E-state index in [0.29, 0.717) is 38.7 Å². The van der Waals surface area contributed by atoms with Crippen LogP contribution in [0.25, 0.3) is 10.9 Å². The molecule has 1 aromatic heterocycles. The number of anilines is 1. The van der Waals surface area contributed by atoms with Gasteiger partial charge in [0.2, 0.25) is 16.0 Å². The van der Waals surface area contributed by atoms with Crippen molar-refractivity contribution in [1.82, 2.24) is 9.97 Å². The molecule has 0 saturated carbocycles. The first kappa shape index (κ1) is 27.5. The molecule has 0 amide bonds. The number of rotatable bonds is 9. The maximum Gasteiger partial charge on any atom is 0.237 e. The molecule has 0 unspecified atom stereocenters. The number of benzene rings is 3. The molecule has 0 saturated heterocycles. The SMILES string of the molecule is CC(C)(c1ccc(Oc2cccc3nc(NS(C)(=O)=O)ncc23)cc1)c1cc(Cl)c(OCCCl)c(C#N)c1. The Balaban J connectivity index is 1.59. The zero-order valence-corrected chi connectivity index (χ0v) is 23.2. The van der Waals surface area contributed by atoms with Gasteiger partial charge in [0.1, 0.15) is 24.2 Å². The van der Waals surface area contributed by atoms with Gasteiger partial charge in [0.05, 0.1) is 33.6 Å². The van der Waals surface area contributed by atoms with Crippen LogP contribution < -0.4 is 14.2 Å². The first-order valence-corrected chi connectivity index (χ1v) is 14.3. The molecule has 8 nitrogen and oxygen atoms in total. The summed E-state index contributed by atoms with van der Waals surface area (Å²) in [5.74, 6) is 1.73. The summed E-state index contributed by atoms with van der Waals surface area (Å²) in [4.78, 5) is 8.34. The van der Waals surface area contributed by atoms with Crippen molar-refractivity contribution < 1.29 is 17.9 Å². The number of nitriles is 1. The lowest BCUT2D eigenvalue weighted by atomic mass is 9.77. The average molecular weight is 571 g/mol. The van der Waals surface area contributed by atoms with Crippen molar-refractivity contribution in [1.29, 1.82) is 5.26 Å². The Morgan fingerprint density at radius 1 is 1.11 bits per heavy atom. The van der Waals surface area contributed by atoms with Gasteiger partial charge in [0, 0.05) is 11.6 Å². The van der Waals surface area contributed by atoms with Gasteiger partial charge in [0.15, 0.2) is 5.75 Å². The van der Waals surface area contributed by atoms with Crippen LogP contribution in [0.15, 0.2) is 60.8 Å².